The van der Waals surface area contributed by atoms with E-state index in [-0.39, 0.29) is 18.2 Å². The Balaban J connectivity index is 1.57. The van der Waals surface area contributed by atoms with Crippen molar-refractivity contribution in [1.29, 1.82) is 0 Å². The van der Waals surface area contributed by atoms with E-state index in [1.165, 1.54) is 0 Å². The molecule has 0 unspecified atom stereocenters. The van der Waals surface area contributed by atoms with Crippen LogP contribution >= 0.6 is 15.9 Å². The van der Waals surface area contributed by atoms with E-state index in [1.54, 1.807) is 49.0 Å². The molecular formula is C27H24BrN3O4. The standard InChI is InChI=1S/C27H24BrN3O4/c1-3-35-27(33)24-16-25(19-7-11-21(28)12-8-19)31(30-24)22-13-9-20(10-14-22)26(32)29-17-18-5-4-6-23(15-18)34-2/h4-16H,3,17H2,1-2H3,(H,29,32). The molecular weight excluding hydrogens is 510 g/mol. The first kappa shape index (κ1) is 24.2. The lowest BCUT2D eigenvalue weighted by Gasteiger charge is -2.10. The van der Waals surface area contributed by atoms with Crippen molar-refractivity contribution in [2.75, 3.05) is 13.7 Å². The highest BCUT2D eigenvalue weighted by atomic mass is 79.9. The SMILES string of the molecule is CCOC(=O)c1cc(-c2ccc(Br)cc2)n(-c2ccc(C(=O)NCc3cccc(OC)c3)cc2)n1. The first-order valence-corrected chi connectivity index (χ1v) is 11.8. The Morgan fingerprint density at radius 1 is 1.00 bits per heavy atom. The normalized spacial score (nSPS) is 10.6. The molecule has 4 aromatic rings. The van der Waals surface area contributed by atoms with Gasteiger partial charge in [0.05, 0.1) is 25.1 Å². The second-order valence-corrected chi connectivity index (χ2v) is 8.55. The fourth-order valence-electron chi connectivity index (χ4n) is 3.53. The highest BCUT2D eigenvalue weighted by Gasteiger charge is 2.18. The van der Waals surface area contributed by atoms with E-state index in [0.29, 0.717) is 17.8 Å². The number of carbonyl (C=O) groups excluding carboxylic acids is 2. The number of hydrogen-bond acceptors (Lipinski definition) is 5. The molecule has 0 saturated heterocycles. The van der Waals surface area contributed by atoms with E-state index in [4.69, 9.17) is 9.47 Å². The second-order valence-electron chi connectivity index (χ2n) is 7.64. The molecule has 0 aliphatic heterocycles. The molecule has 35 heavy (non-hydrogen) atoms. The summed E-state index contributed by atoms with van der Waals surface area (Å²) in [5.41, 5.74) is 4.00. The van der Waals surface area contributed by atoms with Crippen molar-refractivity contribution in [3.05, 3.63) is 100 Å². The average Bonchev–Trinajstić information content (AvgIpc) is 3.34. The van der Waals surface area contributed by atoms with Crippen LogP contribution in [0.3, 0.4) is 0 Å². The van der Waals surface area contributed by atoms with Gasteiger partial charge in [-0.2, -0.15) is 5.10 Å². The fourth-order valence-corrected chi connectivity index (χ4v) is 3.79. The number of benzene rings is 3. The van der Waals surface area contributed by atoms with Crippen LogP contribution < -0.4 is 10.1 Å². The third-order valence-corrected chi connectivity index (χ3v) is 5.82. The molecule has 0 radical (unpaired) electrons. The Bertz CT molecular complexity index is 1330. The van der Waals surface area contributed by atoms with Crippen LogP contribution in [0.15, 0.2) is 83.3 Å². The van der Waals surface area contributed by atoms with Gasteiger partial charge in [-0.25, -0.2) is 9.48 Å². The molecule has 0 fully saturated rings. The second kappa shape index (κ2) is 11.0. The van der Waals surface area contributed by atoms with Gasteiger partial charge in [0.1, 0.15) is 5.75 Å². The molecule has 3 aromatic carbocycles. The van der Waals surface area contributed by atoms with Crippen molar-refractivity contribution >= 4 is 27.8 Å². The summed E-state index contributed by atoms with van der Waals surface area (Å²) in [5, 5.41) is 7.40. The predicted octanol–water partition coefficient (Wildman–Crippen LogP) is 5.42. The number of halogens is 1. The summed E-state index contributed by atoms with van der Waals surface area (Å²) < 4.78 is 13.0. The van der Waals surface area contributed by atoms with Crippen LogP contribution in [0.5, 0.6) is 5.75 Å². The van der Waals surface area contributed by atoms with Crippen molar-refractivity contribution in [3.63, 3.8) is 0 Å². The summed E-state index contributed by atoms with van der Waals surface area (Å²) in [5.74, 6) is 0.0578. The van der Waals surface area contributed by atoms with Crippen molar-refractivity contribution in [1.82, 2.24) is 15.1 Å². The lowest BCUT2D eigenvalue weighted by atomic mass is 10.1. The van der Waals surface area contributed by atoms with Gasteiger partial charge in [-0.05, 0) is 67.1 Å². The zero-order chi connectivity index (χ0) is 24.8. The Labute approximate surface area is 211 Å². The highest BCUT2D eigenvalue weighted by molar-refractivity contribution is 9.10. The number of aromatic nitrogens is 2. The summed E-state index contributed by atoms with van der Waals surface area (Å²) in [6, 6.07) is 24.0. The lowest BCUT2D eigenvalue weighted by Crippen LogP contribution is -2.22. The van der Waals surface area contributed by atoms with E-state index in [2.05, 4.69) is 26.3 Å². The van der Waals surface area contributed by atoms with Crippen LogP contribution in [0.2, 0.25) is 0 Å². The number of nitrogens with zero attached hydrogens (tertiary/aromatic N) is 2. The Morgan fingerprint density at radius 3 is 2.43 bits per heavy atom. The Morgan fingerprint density at radius 2 is 1.74 bits per heavy atom. The third kappa shape index (κ3) is 5.78. The predicted molar refractivity (Wildman–Crippen MR) is 137 cm³/mol. The van der Waals surface area contributed by atoms with E-state index in [0.717, 1.165) is 27.0 Å². The number of esters is 1. The van der Waals surface area contributed by atoms with Crippen LogP contribution in [0.25, 0.3) is 16.9 Å². The minimum Gasteiger partial charge on any atom is -0.497 e. The van der Waals surface area contributed by atoms with Gasteiger partial charge in [-0.3, -0.25) is 4.79 Å². The molecule has 4 rings (SSSR count). The number of nitrogens with one attached hydrogen (secondary N) is 1. The Kier molecular flexibility index (Phi) is 7.62. The van der Waals surface area contributed by atoms with E-state index >= 15 is 0 Å². The number of ether oxygens (including phenoxy) is 2. The van der Waals surface area contributed by atoms with Gasteiger partial charge >= 0.3 is 5.97 Å². The number of amides is 1. The third-order valence-electron chi connectivity index (χ3n) is 5.30. The van der Waals surface area contributed by atoms with Crippen molar-refractivity contribution in [2.45, 2.75) is 13.5 Å². The number of hydrogen-bond donors (Lipinski definition) is 1. The summed E-state index contributed by atoms with van der Waals surface area (Å²) >= 11 is 3.45. The average molecular weight is 534 g/mol. The van der Waals surface area contributed by atoms with Gasteiger partial charge in [0, 0.05) is 22.1 Å². The number of rotatable bonds is 8. The maximum absolute atomic E-state index is 12.7. The maximum atomic E-state index is 12.7. The van der Waals surface area contributed by atoms with E-state index < -0.39 is 5.97 Å². The molecule has 0 spiro atoms. The molecule has 1 amide bonds. The smallest absolute Gasteiger partial charge is 0.358 e. The maximum Gasteiger partial charge on any atom is 0.358 e. The highest BCUT2D eigenvalue weighted by Crippen LogP contribution is 2.26. The summed E-state index contributed by atoms with van der Waals surface area (Å²) in [6.45, 7) is 2.40. The minimum atomic E-state index is -0.488. The molecule has 1 heterocycles. The van der Waals surface area contributed by atoms with Gasteiger partial charge in [0.2, 0.25) is 0 Å². The molecule has 0 bridgehead atoms. The molecule has 7 nitrogen and oxygen atoms in total. The van der Waals surface area contributed by atoms with E-state index in [1.807, 2.05) is 48.5 Å². The summed E-state index contributed by atoms with van der Waals surface area (Å²) in [4.78, 5) is 25.0. The van der Waals surface area contributed by atoms with Crippen LogP contribution in [0.4, 0.5) is 0 Å². The van der Waals surface area contributed by atoms with Crippen LogP contribution in [-0.2, 0) is 11.3 Å². The van der Waals surface area contributed by atoms with Gasteiger partial charge in [-0.15, -0.1) is 0 Å². The monoisotopic (exact) mass is 533 g/mol. The lowest BCUT2D eigenvalue weighted by molar-refractivity contribution is 0.0518. The summed E-state index contributed by atoms with van der Waals surface area (Å²) in [6.07, 6.45) is 0. The molecule has 0 aliphatic carbocycles. The Hall–Kier alpha value is -3.91. The minimum absolute atomic E-state index is 0.194. The van der Waals surface area contributed by atoms with Gasteiger partial charge in [0.15, 0.2) is 5.69 Å². The summed E-state index contributed by atoms with van der Waals surface area (Å²) in [7, 11) is 1.61. The zero-order valence-corrected chi connectivity index (χ0v) is 20.9. The topological polar surface area (TPSA) is 82.5 Å². The number of carbonyl (C=O) groups is 2. The number of methoxy groups -OCH3 is 1. The molecule has 1 N–H and O–H groups in total. The first-order valence-electron chi connectivity index (χ1n) is 11.0. The van der Waals surface area contributed by atoms with Crippen LogP contribution in [0.1, 0.15) is 33.3 Å². The largest absolute Gasteiger partial charge is 0.497 e. The van der Waals surface area contributed by atoms with Crippen LogP contribution in [0, 0.1) is 0 Å². The van der Waals surface area contributed by atoms with Crippen LogP contribution in [-0.4, -0.2) is 35.4 Å². The van der Waals surface area contributed by atoms with Crippen molar-refractivity contribution < 1.29 is 19.1 Å². The van der Waals surface area contributed by atoms with E-state index in [9.17, 15) is 9.59 Å². The van der Waals surface area contributed by atoms with Crippen molar-refractivity contribution in [3.8, 4) is 22.7 Å². The van der Waals surface area contributed by atoms with Crippen molar-refractivity contribution in [2.24, 2.45) is 0 Å². The molecule has 0 saturated carbocycles. The molecule has 0 atom stereocenters. The first-order chi connectivity index (χ1) is 17.0. The van der Waals surface area contributed by atoms with Gasteiger partial charge in [0.25, 0.3) is 5.91 Å². The molecule has 0 aliphatic rings. The zero-order valence-electron chi connectivity index (χ0n) is 19.3. The molecule has 8 heteroatoms. The van der Waals surface area contributed by atoms with Gasteiger partial charge in [-0.1, -0.05) is 40.2 Å². The quantitative estimate of drug-likeness (QED) is 0.306. The molecule has 178 valence electrons. The molecule has 1 aromatic heterocycles. The fraction of sp³-hybridized carbons (Fsp3) is 0.148. The van der Waals surface area contributed by atoms with Gasteiger partial charge < -0.3 is 14.8 Å².